The van der Waals surface area contributed by atoms with Crippen LogP contribution in [0, 0.1) is 11.3 Å². The molecule has 0 aromatic rings. The molecule has 1 aliphatic carbocycles. The molecule has 1 saturated heterocycles. The SMILES string of the molecule is CCC1(C(=O)N2CCCC(C(=O)O)C2)CCC1. The summed E-state index contributed by atoms with van der Waals surface area (Å²) in [6.45, 7) is 3.22. The number of nitrogens with zero attached hydrogens (tertiary/aromatic N) is 1. The number of carboxylic acids is 1. The third-order valence-electron chi connectivity index (χ3n) is 4.50. The van der Waals surface area contributed by atoms with Gasteiger partial charge in [-0.1, -0.05) is 13.3 Å². The third-order valence-corrected chi connectivity index (χ3v) is 4.50. The lowest BCUT2D eigenvalue weighted by atomic mass is 9.66. The third kappa shape index (κ3) is 2.17. The van der Waals surface area contributed by atoms with Gasteiger partial charge < -0.3 is 10.0 Å². The Morgan fingerprint density at radius 1 is 1.35 bits per heavy atom. The van der Waals surface area contributed by atoms with Crippen molar-refractivity contribution in [1.82, 2.24) is 4.90 Å². The average Bonchev–Trinajstić information content (AvgIpc) is 2.28. The predicted molar refractivity (Wildman–Crippen MR) is 63.5 cm³/mol. The minimum atomic E-state index is -0.762. The van der Waals surface area contributed by atoms with Gasteiger partial charge in [0.2, 0.25) is 5.91 Å². The maximum absolute atomic E-state index is 12.4. The Bertz CT molecular complexity index is 317. The normalized spacial score (nSPS) is 27.4. The summed E-state index contributed by atoms with van der Waals surface area (Å²) in [4.78, 5) is 25.2. The summed E-state index contributed by atoms with van der Waals surface area (Å²) in [6, 6.07) is 0. The van der Waals surface area contributed by atoms with Crippen molar-refractivity contribution < 1.29 is 14.7 Å². The summed E-state index contributed by atoms with van der Waals surface area (Å²) in [5.74, 6) is -0.916. The van der Waals surface area contributed by atoms with Crippen LogP contribution in [0.25, 0.3) is 0 Å². The van der Waals surface area contributed by atoms with Gasteiger partial charge in [0.15, 0.2) is 0 Å². The molecule has 1 amide bonds. The van der Waals surface area contributed by atoms with Crippen molar-refractivity contribution in [2.45, 2.75) is 45.4 Å². The summed E-state index contributed by atoms with van der Waals surface area (Å²) in [6.07, 6.45) is 5.52. The number of carbonyl (C=O) groups excluding carboxylic acids is 1. The summed E-state index contributed by atoms with van der Waals surface area (Å²) < 4.78 is 0. The first kappa shape index (κ1) is 12.4. The number of carboxylic acid groups (broad SMARTS) is 1. The van der Waals surface area contributed by atoms with Crippen LogP contribution in [-0.2, 0) is 9.59 Å². The van der Waals surface area contributed by atoms with Gasteiger partial charge in [-0.15, -0.1) is 0 Å². The Hall–Kier alpha value is -1.06. The lowest BCUT2D eigenvalue weighted by molar-refractivity contribution is -0.153. The fourth-order valence-corrected chi connectivity index (χ4v) is 3.02. The monoisotopic (exact) mass is 239 g/mol. The first-order valence-electron chi connectivity index (χ1n) is 6.61. The molecule has 1 unspecified atom stereocenters. The molecule has 1 N–H and O–H groups in total. The van der Waals surface area contributed by atoms with Gasteiger partial charge in [0.05, 0.1) is 5.92 Å². The number of piperidine rings is 1. The Morgan fingerprint density at radius 2 is 2.06 bits per heavy atom. The van der Waals surface area contributed by atoms with Crippen LogP contribution in [0.5, 0.6) is 0 Å². The number of likely N-dealkylation sites (tertiary alicyclic amines) is 1. The van der Waals surface area contributed by atoms with Crippen LogP contribution in [-0.4, -0.2) is 35.0 Å². The Kier molecular flexibility index (Phi) is 3.40. The highest BCUT2D eigenvalue weighted by Gasteiger charge is 2.45. The highest BCUT2D eigenvalue weighted by atomic mass is 16.4. The molecule has 17 heavy (non-hydrogen) atoms. The molecule has 96 valence electrons. The van der Waals surface area contributed by atoms with E-state index in [1.807, 2.05) is 0 Å². The molecule has 0 bridgehead atoms. The van der Waals surface area contributed by atoms with Crippen LogP contribution in [0.3, 0.4) is 0 Å². The van der Waals surface area contributed by atoms with Gasteiger partial charge in [0.1, 0.15) is 0 Å². The van der Waals surface area contributed by atoms with Gasteiger partial charge in [0.25, 0.3) is 0 Å². The number of rotatable bonds is 3. The second-order valence-electron chi connectivity index (χ2n) is 5.42. The lowest BCUT2D eigenvalue weighted by Crippen LogP contribution is -2.51. The Labute approximate surface area is 102 Å². The topological polar surface area (TPSA) is 57.6 Å². The van der Waals surface area contributed by atoms with Crippen LogP contribution in [0.15, 0.2) is 0 Å². The number of hydrogen-bond acceptors (Lipinski definition) is 2. The second kappa shape index (κ2) is 4.67. The fourth-order valence-electron chi connectivity index (χ4n) is 3.02. The first-order chi connectivity index (χ1) is 8.09. The van der Waals surface area contributed by atoms with Crippen LogP contribution in [0.4, 0.5) is 0 Å². The molecule has 1 atom stereocenters. The molecule has 0 aromatic heterocycles. The Balaban J connectivity index is 2.02. The lowest BCUT2D eigenvalue weighted by Gasteiger charge is -2.44. The van der Waals surface area contributed by atoms with Gasteiger partial charge in [-0.25, -0.2) is 0 Å². The van der Waals surface area contributed by atoms with Gasteiger partial charge in [-0.3, -0.25) is 9.59 Å². The number of hydrogen-bond donors (Lipinski definition) is 1. The molecule has 1 aliphatic heterocycles. The van der Waals surface area contributed by atoms with Crippen molar-refractivity contribution in [1.29, 1.82) is 0 Å². The molecule has 1 heterocycles. The molecule has 2 fully saturated rings. The van der Waals surface area contributed by atoms with E-state index in [0.717, 1.165) is 38.6 Å². The zero-order valence-corrected chi connectivity index (χ0v) is 10.4. The van der Waals surface area contributed by atoms with Crippen LogP contribution in [0.1, 0.15) is 45.4 Å². The maximum Gasteiger partial charge on any atom is 0.308 e. The van der Waals surface area contributed by atoms with E-state index < -0.39 is 5.97 Å². The molecule has 0 spiro atoms. The molecular formula is C13H21NO3. The first-order valence-corrected chi connectivity index (χ1v) is 6.61. The molecule has 1 saturated carbocycles. The van der Waals surface area contributed by atoms with Crippen LogP contribution < -0.4 is 0 Å². The molecule has 4 heteroatoms. The van der Waals surface area contributed by atoms with E-state index in [-0.39, 0.29) is 17.2 Å². The van der Waals surface area contributed by atoms with E-state index in [1.165, 1.54) is 0 Å². The van der Waals surface area contributed by atoms with Gasteiger partial charge in [-0.2, -0.15) is 0 Å². The molecular weight excluding hydrogens is 218 g/mol. The molecule has 0 radical (unpaired) electrons. The fraction of sp³-hybridized carbons (Fsp3) is 0.846. The number of aliphatic carboxylic acids is 1. The largest absolute Gasteiger partial charge is 0.481 e. The van der Waals surface area contributed by atoms with Crippen LogP contribution in [0.2, 0.25) is 0 Å². The van der Waals surface area contributed by atoms with Crippen LogP contribution >= 0.6 is 0 Å². The summed E-state index contributed by atoms with van der Waals surface area (Å²) >= 11 is 0. The highest BCUT2D eigenvalue weighted by Crippen LogP contribution is 2.45. The van der Waals surface area contributed by atoms with E-state index in [4.69, 9.17) is 5.11 Å². The van der Waals surface area contributed by atoms with E-state index in [0.29, 0.717) is 13.0 Å². The molecule has 0 aromatic carbocycles. The quantitative estimate of drug-likeness (QED) is 0.818. The van der Waals surface area contributed by atoms with Crippen molar-refractivity contribution in [3.05, 3.63) is 0 Å². The van der Waals surface area contributed by atoms with E-state index >= 15 is 0 Å². The standard InChI is InChI=1S/C13H21NO3/c1-2-13(6-4-7-13)12(17)14-8-3-5-10(9-14)11(15)16/h10H,2-9H2,1H3,(H,15,16). The van der Waals surface area contributed by atoms with Gasteiger partial charge in [-0.05, 0) is 32.1 Å². The summed E-state index contributed by atoms with van der Waals surface area (Å²) in [7, 11) is 0. The maximum atomic E-state index is 12.4. The second-order valence-corrected chi connectivity index (χ2v) is 5.42. The average molecular weight is 239 g/mol. The predicted octanol–water partition coefficient (Wildman–Crippen LogP) is 1.89. The van der Waals surface area contributed by atoms with Crippen molar-refractivity contribution in [2.75, 3.05) is 13.1 Å². The zero-order valence-electron chi connectivity index (χ0n) is 10.4. The van der Waals surface area contributed by atoms with E-state index in [1.54, 1.807) is 4.90 Å². The number of amides is 1. The summed E-state index contributed by atoms with van der Waals surface area (Å²) in [5, 5.41) is 9.03. The molecule has 2 rings (SSSR count). The van der Waals surface area contributed by atoms with Crippen molar-refractivity contribution in [3.63, 3.8) is 0 Å². The molecule has 2 aliphatic rings. The highest BCUT2D eigenvalue weighted by molar-refractivity contribution is 5.84. The molecule has 4 nitrogen and oxygen atoms in total. The summed E-state index contributed by atoms with van der Waals surface area (Å²) in [5.41, 5.74) is -0.152. The van der Waals surface area contributed by atoms with Crippen molar-refractivity contribution in [3.8, 4) is 0 Å². The minimum Gasteiger partial charge on any atom is -0.481 e. The van der Waals surface area contributed by atoms with Crippen molar-refractivity contribution >= 4 is 11.9 Å². The number of carbonyl (C=O) groups is 2. The van der Waals surface area contributed by atoms with E-state index in [2.05, 4.69) is 6.92 Å². The van der Waals surface area contributed by atoms with Crippen molar-refractivity contribution in [2.24, 2.45) is 11.3 Å². The van der Waals surface area contributed by atoms with Gasteiger partial charge >= 0.3 is 5.97 Å². The zero-order chi connectivity index (χ0) is 12.5. The minimum absolute atomic E-state index is 0.152. The smallest absolute Gasteiger partial charge is 0.308 e. The van der Waals surface area contributed by atoms with Gasteiger partial charge in [0, 0.05) is 18.5 Å². The Morgan fingerprint density at radius 3 is 2.53 bits per heavy atom. The van der Waals surface area contributed by atoms with E-state index in [9.17, 15) is 9.59 Å².